The summed E-state index contributed by atoms with van der Waals surface area (Å²) in [5.74, 6) is -0.0647. The number of carbonyl (C=O) groups excluding carboxylic acids is 1. The molecule has 3 rings (SSSR count). The van der Waals surface area contributed by atoms with Crippen molar-refractivity contribution in [3.05, 3.63) is 93.5 Å². The molecule has 5 nitrogen and oxygen atoms in total. The maximum atomic E-state index is 12.7. The summed E-state index contributed by atoms with van der Waals surface area (Å²) in [6.45, 7) is 5.85. The summed E-state index contributed by atoms with van der Waals surface area (Å²) < 4.78 is 29.2. The third kappa shape index (κ3) is 6.76. The van der Waals surface area contributed by atoms with Crippen molar-refractivity contribution in [3.63, 3.8) is 0 Å². The minimum atomic E-state index is -3.65. The van der Waals surface area contributed by atoms with Crippen molar-refractivity contribution in [1.82, 2.24) is 4.72 Å². The summed E-state index contributed by atoms with van der Waals surface area (Å²) in [7, 11) is -3.65. The molecule has 0 saturated heterocycles. The van der Waals surface area contributed by atoms with Crippen LogP contribution >= 0.6 is 15.9 Å². The van der Waals surface area contributed by atoms with Crippen LogP contribution in [-0.4, -0.2) is 14.3 Å². The lowest BCUT2D eigenvalue weighted by atomic mass is 10.1. The molecule has 174 valence electrons. The summed E-state index contributed by atoms with van der Waals surface area (Å²) in [5.41, 5.74) is 4.77. The number of anilines is 1. The second-order valence-electron chi connectivity index (χ2n) is 8.06. The van der Waals surface area contributed by atoms with E-state index in [1.54, 1.807) is 24.3 Å². The topological polar surface area (TPSA) is 75.3 Å². The molecule has 2 N–H and O–H groups in total. The highest BCUT2D eigenvalue weighted by atomic mass is 79.9. The lowest BCUT2D eigenvalue weighted by molar-refractivity contribution is -0.116. The molecular weight excluding hydrogens is 500 g/mol. The highest BCUT2D eigenvalue weighted by Gasteiger charge is 2.18. The van der Waals surface area contributed by atoms with E-state index in [4.69, 9.17) is 0 Å². The number of halogens is 1. The van der Waals surface area contributed by atoms with E-state index in [1.807, 2.05) is 56.3 Å². The number of nitrogens with one attached hydrogen (secondary N) is 2. The second-order valence-corrected chi connectivity index (χ2v) is 10.7. The Labute approximate surface area is 204 Å². The lowest BCUT2D eigenvalue weighted by Crippen LogP contribution is -2.26. The number of amides is 1. The van der Waals surface area contributed by atoms with Crippen LogP contribution < -0.4 is 10.0 Å². The molecule has 0 heterocycles. The molecule has 0 unspecified atom stereocenters. The summed E-state index contributed by atoms with van der Waals surface area (Å²) >= 11 is 3.50. The number of hydrogen-bond donors (Lipinski definition) is 2. The van der Waals surface area contributed by atoms with Gasteiger partial charge in [0.1, 0.15) is 0 Å². The largest absolute Gasteiger partial charge is 0.326 e. The van der Waals surface area contributed by atoms with Gasteiger partial charge in [-0.15, -0.1) is 0 Å². The van der Waals surface area contributed by atoms with E-state index < -0.39 is 10.0 Å². The van der Waals surface area contributed by atoms with Gasteiger partial charge in [-0.1, -0.05) is 65.3 Å². The van der Waals surface area contributed by atoms with Gasteiger partial charge >= 0.3 is 0 Å². The van der Waals surface area contributed by atoms with Gasteiger partial charge < -0.3 is 5.32 Å². The van der Waals surface area contributed by atoms with E-state index in [-0.39, 0.29) is 16.8 Å². The molecule has 1 atom stereocenters. The number of carbonyl (C=O) groups is 1. The first-order valence-electron chi connectivity index (χ1n) is 10.9. The normalized spacial score (nSPS) is 12.4. The van der Waals surface area contributed by atoms with E-state index in [1.165, 1.54) is 0 Å². The molecule has 0 fully saturated rings. The molecule has 0 saturated carbocycles. The Hall–Kier alpha value is -2.48. The fourth-order valence-electron chi connectivity index (χ4n) is 3.68. The second kappa shape index (κ2) is 11.1. The van der Waals surface area contributed by atoms with Gasteiger partial charge in [0.2, 0.25) is 15.9 Å². The molecule has 0 aromatic heterocycles. The first-order valence-corrected chi connectivity index (χ1v) is 13.2. The molecular formula is C26H29BrN2O3S. The molecule has 3 aromatic carbocycles. The Bertz CT molecular complexity index is 1210. The molecule has 7 heteroatoms. The van der Waals surface area contributed by atoms with Crippen LogP contribution in [0.4, 0.5) is 5.69 Å². The molecule has 1 amide bonds. The van der Waals surface area contributed by atoms with Gasteiger partial charge in [0.25, 0.3) is 0 Å². The van der Waals surface area contributed by atoms with Crippen molar-refractivity contribution >= 4 is 37.5 Å². The van der Waals surface area contributed by atoms with E-state index in [0.717, 1.165) is 38.8 Å². The quantitative estimate of drug-likeness (QED) is 0.361. The zero-order chi connectivity index (χ0) is 24.0. The monoisotopic (exact) mass is 528 g/mol. The maximum Gasteiger partial charge on any atom is 0.241 e. The predicted molar refractivity (Wildman–Crippen MR) is 137 cm³/mol. The number of aryl methyl sites for hydroxylation is 3. The van der Waals surface area contributed by atoms with Gasteiger partial charge in [-0.3, -0.25) is 4.79 Å². The molecule has 33 heavy (non-hydrogen) atoms. The SMILES string of the molecule is CCc1cc(Br)cc(C)c1NC(=O)CCc1ccc(S(=O)(=O)N[C@@H](C)c2ccccc2)cc1. The van der Waals surface area contributed by atoms with Crippen LogP contribution in [0.5, 0.6) is 0 Å². The van der Waals surface area contributed by atoms with Crippen molar-refractivity contribution in [2.45, 2.75) is 51.0 Å². The summed E-state index contributed by atoms with van der Waals surface area (Å²) in [6.07, 6.45) is 1.66. The van der Waals surface area contributed by atoms with E-state index >= 15 is 0 Å². The predicted octanol–water partition coefficient (Wildman–Crippen LogP) is 5.93. The van der Waals surface area contributed by atoms with Gasteiger partial charge in [0.05, 0.1) is 4.90 Å². The van der Waals surface area contributed by atoms with Crippen LogP contribution in [0, 0.1) is 6.92 Å². The zero-order valence-corrected chi connectivity index (χ0v) is 21.5. The fourth-order valence-corrected chi connectivity index (χ4v) is 5.53. The first kappa shape index (κ1) is 25.1. The molecule has 0 aliphatic rings. The Morgan fingerprint density at radius 2 is 1.70 bits per heavy atom. The van der Waals surface area contributed by atoms with E-state index in [0.29, 0.717) is 12.8 Å². The molecule has 0 spiro atoms. The smallest absolute Gasteiger partial charge is 0.241 e. The summed E-state index contributed by atoms with van der Waals surface area (Å²) in [5, 5.41) is 3.03. The standard InChI is InChI=1S/C26H29BrN2O3S/c1-4-21-17-23(27)16-18(2)26(21)28-25(30)15-12-20-10-13-24(14-11-20)33(31,32)29-19(3)22-8-6-5-7-9-22/h5-11,13-14,16-17,19,29H,4,12,15H2,1-3H3,(H,28,30)/t19-/m0/s1. The average Bonchev–Trinajstić information content (AvgIpc) is 2.79. The van der Waals surface area contributed by atoms with Gasteiger partial charge in [-0.25, -0.2) is 13.1 Å². The molecule has 0 aliphatic heterocycles. The highest BCUT2D eigenvalue weighted by molar-refractivity contribution is 9.10. The van der Waals surface area contributed by atoms with Crippen LogP contribution in [-0.2, 0) is 27.7 Å². The van der Waals surface area contributed by atoms with Crippen molar-refractivity contribution in [2.75, 3.05) is 5.32 Å². The van der Waals surface area contributed by atoms with E-state index in [9.17, 15) is 13.2 Å². The fraction of sp³-hybridized carbons (Fsp3) is 0.269. The van der Waals surface area contributed by atoms with Gasteiger partial charge in [-0.2, -0.15) is 0 Å². The van der Waals surface area contributed by atoms with Crippen LogP contribution in [0.2, 0.25) is 0 Å². The van der Waals surface area contributed by atoms with Crippen LogP contribution in [0.3, 0.4) is 0 Å². The molecule has 0 aliphatic carbocycles. The van der Waals surface area contributed by atoms with Crippen LogP contribution in [0.25, 0.3) is 0 Å². The van der Waals surface area contributed by atoms with Crippen molar-refractivity contribution < 1.29 is 13.2 Å². The number of benzene rings is 3. The third-order valence-corrected chi connectivity index (χ3v) is 7.55. The third-order valence-electron chi connectivity index (χ3n) is 5.53. The van der Waals surface area contributed by atoms with Gasteiger partial charge in [-0.05, 0) is 73.2 Å². The van der Waals surface area contributed by atoms with Crippen LogP contribution in [0.15, 0.2) is 76.1 Å². The summed E-state index contributed by atoms with van der Waals surface area (Å²) in [6, 6.07) is 19.8. The van der Waals surface area contributed by atoms with Gasteiger partial charge in [0, 0.05) is 22.6 Å². The van der Waals surface area contributed by atoms with Crippen molar-refractivity contribution in [3.8, 4) is 0 Å². The maximum absolute atomic E-state index is 12.7. The Morgan fingerprint density at radius 1 is 1.03 bits per heavy atom. The molecule has 0 bridgehead atoms. The Morgan fingerprint density at radius 3 is 2.33 bits per heavy atom. The minimum absolute atomic E-state index is 0.0647. The first-order chi connectivity index (χ1) is 15.7. The van der Waals surface area contributed by atoms with Gasteiger partial charge in [0.15, 0.2) is 0 Å². The zero-order valence-electron chi connectivity index (χ0n) is 19.1. The summed E-state index contributed by atoms with van der Waals surface area (Å²) in [4.78, 5) is 12.7. The molecule has 3 aromatic rings. The van der Waals surface area contributed by atoms with Crippen LogP contribution in [0.1, 0.15) is 48.6 Å². The number of sulfonamides is 1. The van der Waals surface area contributed by atoms with Crippen molar-refractivity contribution in [1.29, 1.82) is 0 Å². The number of hydrogen-bond acceptors (Lipinski definition) is 3. The minimum Gasteiger partial charge on any atom is -0.326 e. The Kier molecular flexibility index (Phi) is 8.46. The van der Waals surface area contributed by atoms with E-state index in [2.05, 4.69) is 32.9 Å². The lowest BCUT2D eigenvalue weighted by Gasteiger charge is -2.15. The highest BCUT2D eigenvalue weighted by Crippen LogP contribution is 2.26. The molecule has 0 radical (unpaired) electrons. The Balaban J connectivity index is 1.60. The average molecular weight is 530 g/mol. The number of rotatable bonds is 9. The van der Waals surface area contributed by atoms with Crippen molar-refractivity contribution in [2.24, 2.45) is 0 Å².